The van der Waals surface area contributed by atoms with Crippen LogP contribution in [0.4, 0.5) is 4.79 Å². The molecule has 0 spiro atoms. The van der Waals surface area contributed by atoms with Crippen molar-refractivity contribution in [3.63, 3.8) is 0 Å². The molecule has 1 aliphatic rings. The van der Waals surface area contributed by atoms with E-state index >= 15 is 0 Å². The third-order valence-electron chi connectivity index (χ3n) is 3.90. The molecule has 1 heterocycles. The Balaban J connectivity index is 1.65. The molecule has 0 aromatic heterocycles. The average Bonchev–Trinajstić information content (AvgIpc) is 2.59. The first-order chi connectivity index (χ1) is 11.2. The topological polar surface area (TPSA) is 58.6 Å². The number of nitrogens with one attached hydrogen (secondary N) is 1. The van der Waals surface area contributed by atoms with Crippen LogP contribution in [0.3, 0.4) is 0 Å². The summed E-state index contributed by atoms with van der Waals surface area (Å²) < 4.78 is 5.00. The third-order valence-corrected chi connectivity index (χ3v) is 4.06. The van der Waals surface area contributed by atoms with Crippen molar-refractivity contribution in [1.82, 2.24) is 10.2 Å². The number of nitrogens with zero attached hydrogens (tertiary/aromatic N) is 1. The highest BCUT2D eigenvalue weighted by atomic mass is 35.5. The quantitative estimate of drug-likeness (QED) is 0.811. The number of piperidine rings is 1. The van der Waals surface area contributed by atoms with Crippen molar-refractivity contribution < 1.29 is 14.3 Å². The van der Waals surface area contributed by atoms with Crippen LogP contribution in [0.15, 0.2) is 30.3 Å². The number of alkyl halides is 1. The van der Waals surface area contributed by atoms with E-state index in [2.05, 4.69) is 5.32 Å². The highest BCUT2D eigenvalue weighted by molar-refractivity contribution is 6.18. The number of carbonyl (C=O) groups excluding carboxylic acids is 2. The minimum atomic E-state index is -0.320. The smallest absolute Gasteiger partial charge is 0.409 e. The molecule has 1 N–H and O–H groups in total. The highest BCUT2D eigenvalue weighted by Crippen LogP contribution is 2.12. The summed E-state index contributed by atoms with van der Waals surface area (Å²) in [5.74, 6) is 0.372. The Morgan fingerprint density at radius 2 is 1.91 bits per heavy atom. The predicted octanol–water partition coefficient (Wildman–Crippen LogP) is 2.58. The van der Waals surface area contributed by atoms with Gasteiger partial charge < -0.3 is 15.0 Å². The molecule has 0 aliphatic carbocycles. The van der Waals surface area contributed by atoms with E-state index in [0.717, 1.165) is 19.3 Å². The van der Waals surface area contributed by atoms with E-state index in [1.807, 2.05) is 30.3 Å². The van der Waals surface area contributed by atoms with Crippen LogP contribution in [-0.2, 0) is 16.0 Å². The molecule has 1 aromatic carbocycles. The van der Waals surface area contributed by atoms with Gasteiger partial charge in [-0.05, 0) is 24.8 Å². The van der Waals surface area contributed by atoms with E-state index in [1.165, 1.54) is 5.56 Å². The van der Waals surface area contributed by atoms with Crippen LogP contribution < -0.4 is 5.32 Å². The maximum Gasteiger partial charge on any atom is 0.409 e. The minimum absolute atomic E-state index is 0.0667. The number of rotatable bonds is 6. The molecule has 1 fully saturated rings. The van der Waals surface area contributed by atoms with E-state index in [9.17, 15) is 9.59 Å². The Bertz CT molecular complexity index is 502. The van der Waals surface area contributed by atoms with Crippen LogP contribution in [0.5, 0.6) is 0 Å². The van der Waals surface area contributed by atoms with Crippen LogP contribution in [0.2, 0.25) is 0 Å². The van der Waals surface area contributed by atoms with Gasteiger partial charge in [0.2, 0.25) is 5.91 Å². The SMILES string of the molecule is O=C(CCc1ccccc1)NC1CCN(C(=O)OCCCl)CC1. The van der Waals surface area contributed by atoms with E-state index in [0.29, 0.717) is 25.4 Å². The molecule has 6 heteroatoms. The fourth-order valence-electron chi connectivity index (χ4n) is 2.63. The van der Waals surface area contributed by atoms with Gasteiger partial charge in [0, 0.05) is 25.6 Å². The van der Waals surface area contributed by atoms with Crippen LogP contribution in [0.25, 0.3) is 0 Å². The van der Waals surface area contributed by atoms with Gasteiger partial charge in [0.25, 0.3) is 0 Å². The summed E-state index contributed by atoms with van der Waals surface area (Å²) in [7, 11) is 0. The molecule has 23 heavy (non-hydrogen) atoms. The molecular formula is C17H23ClN2O3. The normalized spacial score (nSPS) is 15.3. The monoisotopic (exact) mass is 338 g/mol. The molecule has 0 unspecified atom stereocenters. The number of halogens is 1. The molecule has 1 saturated heterocycles. The zero-order valence-electron chi connectivity index (χ0n) is 13.2. The number of ether oxygens (including phenoxy) is 1. The summed E-state index contributed by atoms with van der Waals surface area (Å²) >= 11 is 5.50. The third kappa shape index (κ3) is 6.10. The molecular weight excluding hydrogens is 316 g/mol. The lowest BCUT2D eigenvalue weighted by atomic mass is 10.0. The van der Waals surface area contributed by atoms with Gasteiger partial charge in [-0.1, -0.05) is 30.3 Å². The average molecular weight is 339 g/mol. The molecule has 1 aliphatic heterocycles. The van der Waals surface area contributed by atoms with Gasteiger partial charge in [0.1, 0.15) is 6.61 Å². The van der Waals surface area contributed by atoms with Crippen molar-refractivity contribution in [2.45, 2.75) is 31.7 Å². The highest BCUT2D eigenvalue weighted by Gasteiger charge is 2.24. The van der Waals surface area contributed by atoms with Crippen molar-refractivity contribution in [1.29, 1.82) is 0 Å². The maximum atomic E-state index is 12.0. The van der Waals surface area contributed by atoms with Gasteiger partial charge >= 0.3 is 6.09 Å². The fourth-order valence-corrected chi connectivity index (χ4v) is 2.70. The van der Waals surface area contributed by atoms with Gasteiger partial charge in [-0.15, -0.1) is 11.6 Å². The first kappa shape index (κ1) is 17.6. The van der Waals surface area contributed by atoms with Gasteiger partial charge in [-0.25, -0.2) is 4.79 Å². The van der Waals surface area contributed by atoms with Gasteiger partial charge in [-0.2, -0.15) is 0 Å². The second kappa shape index (κ2) is 9.40. The molecule has 0 saturated carbocycles. The molecule has 2 rings (SSSR count). The summed E-state index contributed by atoms with van der Waals surface area (Å²) in [5.41, 5.74) is 1.17. The van der Waals surface area contributed by atoms with Crippen molar-refractivity contribution in [2.24, 2.45) is 0 Å². The maximum absolute atomic E-state index is 12.0. The Morgan fingerprint density at radius 3 is 2.57 bits per heavy atom. The molecule has 1 aromatic rings. The lowest BCUT2D eigenvalue weighted by molar-refractivity contribution is -0.122. The van der Waals surface area contributed by atoms with Crippen molar-refractivity contribution in [3.8, 4) is 0 Å². The molecule has 0 radical (unpaired) electrons. The van der Waals surface area contributed by atoms with Gasteiger partial charge in [0.15, 0.2) is 0 Å². The molecule has 126 valence electrons. The summed E-state index contributed by atoms with van der Waals surface area (Å²) in [5, 5.41) is 3.05. The van der Waals surface area contributed by atoms with Crippen LogP contribution in [-0.4, -0.2) is 48.5 Å². The standard InChI is InChI=1S/C17H23ClN2O3/c18-10-13-23-17(22)20-11-8-15(9-12-20)19-16(21)7-6-14-4-2-1-3-5-14/h1-5,15H,6-13H2,(H,19,21). The summed E-state index contributed by atoms with van der Waals surface area (Å²) in [6, 6.07) is 10.1. The largest absolute Gasteiger partial charge is 0.448 e. The van der Waals surface area contributed by atoms with Crippen molar-refractivity contribution in [3.05, 3.63) is 35.9 Å². The summed E-state index contributed by atoms with van der Waals surface area (Å²) in [6.07, 6.45) is 2.43. The van der Waals surface area contributed by atoms with E-state index in [1.54, 1.807) is 4.90 Å². The number of carbonyl (C=O) groups is 2. The van der Waals surface area contributed by atoms with Crippen LogP contribution in [0, 0.1) is 0 Å². The molecule has 5 nitrogen and oxygen atoms in total. The number of hydrogen-bond donors (Lipinski definition) is 1. The Morgan fingerprint density at radius 1 is 1.22 bits per heavy atom. The lowest BCUT2D eigenvalue weighted by Crippen LogP contribution is -2.46. The number of amides is 2. The summed E-state index contributed by atoms with van der Waals surface area (Å²) in [4.78, 5) is 25.4. The molecule has 2 amide bonds. The minimum Gasteiger partial charge on any atom is -0.448 e. The Labute approximate surface area is 141 Å². The Hall–Kier alpha value is -1.75. The number of benzene rings is 1. The van der Waals surface area contributed by atoms with Crippen molar-refractivity contribution >= 4 is 23.6 Å². The van der Waals surface area contributed by atoms with E-state index in [4.69, 9.17) is 16.3 Å². The first-order valence-corrected chi connectivity index (χ1v) is 8.53. The zero-order chi connectivity index (χ0) is 16.5. The lowest BCUT2D eigenvalue weighted by Gasteiger charge is -2.31. The second-order valence-corrected chi connectivity index (χ2v) is 6.00. The number of likely N-dealkylation sites (tertiary alicyclic amines) is 1. The van der Waals surface area contributed by atoms with E-state index < -0.39 is 0 Å². The fraction of sp³-hybridized carbons (Fsp3) is 0.529. The number of aryl methyl sites for hydroxylation is 1. The first-order valence-electron chi connectivity index (χ1n) is 8.00. The zero-order valence-corrected chi connectivity index (χ0v) is 13.9. The van der Waals surface area contributed by atoms with Crippen LogP contribution >= 0.6 is 11.6 Å². The number of hydrogen-bond acceptors (Lipinski definition) is 3. The van der Waals surface area contributed by atoms with E-state index in [-0.39, 0.29) is 24.6 Å². The van der Waals surface area contributed by atoms with Gasteiger partial charge in [0.05, 0.1) is 5.88 Å². The van der Waals surface area contributed by atoms with Crippen molar-refractivity contribution in [2.75, 3.05) is 25.6 Å². The molecule has 0 bridgehead atoms. The molecule has 0 atom stereocenters. The second-order valence-electron chi connectivity index (χ2n) is 5.62. The summed E-state index contributed by atoms with van der Waals surface area (Å²) in [6.45, 7) is 1.44. The Kier molecular flexibility index (Phi) is 7.20. The van der Waals surface area contributed by atoms with Crippen LogP contribution in [0.1, 0.15) is 24.8 Å². The van der Waals surface area contributed by atoms with Gasteiger partial charge in [-0.3, -0.25) is 4.79 Å². The predicted molar refractivity (Wildman–Crippen MR) is 89.6 cm³/mol.